The van der Waals surface area contributed by atoms with Gasteiger partial charge >= 0.3 is 5.97 Å². The highest BCUT2D eigenvalue weighted by Gasteiger charge is 2.59. The summed E-state index contributed by atoms with van der Waals surface area (Å²) in [6.45, 7) is 2.75. The van der Waals surface area contributed by atoms with E-state index in [1.165, 1.54) is 7.11 Å². The summed E-state index contributed by atoms with van der Waals surface area (Å²) < 4.78 is 4.86. The minimum atomic E-state index is -0.347. The zero-order valence-corrected chi connectivity index (χ0v) is 12.2. The van der Waals surface area contributed by atoms with Crippen molar-refractivity contribution < 1.29 is 14.3 Å². The van der Waals surface area contributed by atoms with Gasteiger partial charge in [-0.15, -0.1) is 0 Å². The van der Waals surface area contributed by atoms with Crippen molar-refractivity contribution in [3.05, 3.63) is 0 Å². The van der Waals surface area contributed by atoms with E-state index in [4.69, 9.17) is 4.74 Å². The number of ether oxygens (including phenoxy) is 1. The predicted octanol–water partition coefficient (Wildman–Crippen LogP) is 0.930. The average Bonchev–Trinajstić information content (AvgIpc) is 3.19. The van der Waals surface area contributed by atoms with Gasteiger partial charge in [0.15, 0.2) is 0 Å². The van der Waals surface area contributed by atoms with Gasteiger partial charge < -0.3 is 15.0 Å². The van der Waals surface area contributed by atoms with Gasteiger partial charge in [-0.2, -0.15) is 0 Å². The van der Waals surface area contributed by atoms with Crippen LogP contribution in [-0.2, 0) is 14.3 Å². The second-order valence-electron chi connectivity index (χ2n) is 6.44. The molecule has 0 aromatic carbocycles. The number of hydrogen-bond acceptors (Lipinski definition) is 4. The van der Waals surface area contributed by atoms with Crippen LogP contribution in [0.2, 0.25) is 0 Å². The molecule has 112 valence electrons. The smallest absolute Gasteiger partial charge is 0.328 e. The lowest BCUT2D eigenvalue weighted by Gasteiger charge is -2.35. The van der Waals surface area contributed by atoms with Gasteiger partial charge in [-0.25, -0.2) is 4.79 Å². The number of esters is 1. The zero-order valence-electron chi connectivity index (χ0n) is 12.2. The molecule has 0 bridgehead atoms. The Morgan fingerprint density at radius 1 is 1.25 bits per heavy atom. The van der Waals surface area contributed by atoms with Crippen LogP contribution < -0.4 is 5.32 Å². The molecule has 3 rings (SSSR count). The summed E-state index contributed by atoms with van der Waals surface area (Å²) in [5.74, 6) is 0.0925. The molecule has 1 saturated carbocycles. The molecule has 1 spiro atoms. The Labute approximate surface area is 120 Å². The van der Waals surface area contributed by atoms with Crippen molar-refractivity contribution in [2.24, 2.45) is 11.3 Å². The summed E-state index contributed by atoms with van der Waals surface area (Å²) in [6.07, 6.45) is 5.96. The van der Waals surface area contributed by atoms with Crippen LogP contribution in [-0.4, -0.2) is 49.6 Å². The number of hydrogen-bond donors (Lipinski definition) is 1. The molecule has 0 aromatic rings. The fourth-order valence-electron chi connectivity index (χ4n) is 3.95. The first-order chi connectivity index (χ1) is 9.68. The second kappa shape index (κ2) is 5.35. The lowest BCUT2D eigenvalue weighted by Crippen LogP contribution is -2.49. The monoisotopic (exact) mass is 280 g/mol. The molecule has 5 nitrogen and oxygen atoms in total. The quantitative estimate of drug-likeness (QED) is 0.765. The van der Waals surface area contributed by atoms with Gasteiger partial charge in [0.25, 0.3) is 0 Å². The molecule has 1 amide bonds. The summed E-state index contributed by atoms with van der Waals surface area (Å²) in [6, 6.07) is -0.347. The first kappa shape index (κ1) is 13.9. The Bertz CT molecular complexity index is 404. The number of nitrogens with zero attached hydrogens (tertiary/aromatic N) is 1. The molecule has 5 heteroatoms. The van der Waals surface area contributed by atoms with Crippen molar-refractivity contribution in [3.8, 4) is 0 Å². The van der Waals surface area contributed by atoms with Crippen LogP contribution in [0.4, 0.5) is 0 Å². The lowest BCUT2D eigenvalue weighted by atomic mass is 9.91. The molecular formula is C15H24N2O3. The highest BCUT2D eigenvalue weighted by molar-refractivity contribution is 5.88. The molecule has 2 unspecified atom stereocenters. The largest absolute Gasteiger partial charge is 0.467 e. The minimum Gasteiger partial charge on any atom is -0.467 e. The van der Waals surface area contributed by atoms with E-state index in [0.29, 0.717) is 6.54 Å². The van der Waals surface area contributed by atoms with Crippen LogP contribution in [0.5, 0.6) is 0 Å². The fraction of sp³-hybridized carbons (Fsp3) is 0.867. The molecule has 1 N–H and O–H groups in total. The Hall–Kier alpha value is -1.10. The van der Waals surface area contributed by atoms with Gasteiger partial charge in [-0.1, -0.05) is 0 Å². The maximum atomic E-state index is 12.8. The van der Waals surface area contributed by atoms with E-state index in [-0.39, 0.29) is 29.3 Å². The maximum absolute atomic E-state index is 12.8. The third kappa shape index (κ3) is 2.32. The number of piperidine rings is 2. The van der Waals surface area contributed by atoms with E-state index in [0.717, 1.165) is 51.6 Å². The summed E-state index contributed by atoms with van der Waals surface area (Å²) >= 11 is 0. The number of nitrogens with one attached hydrogen (secondary N) is 1. The third-order valence-electron chi connectivity index (χ3n) is 5.35. The molecule has 2 aliphatic heterocycles. The van der Waals surface area contributed by atoms with Crippen molar-refractivity contribution in [2.45, 2.75) is 44.6 Å². The Morgan fingerprint density at radius 3 is 2.70 bits per heavy atom. The minimum absolute atomic E-state index is 0.148. The molecule has 3 fully saturated rings. The number of carbonyl (C=O) groups excluding carboxylic acids is 2. The van der Waals surface area contributed by atoms with Gasteiger partial charge in [0.05, 0.1) is 7.11 Å². The van der Waals surface area contributed by atoms with Crippen molar-refractivity contribution >= 4 is 11.9 Å². The van der Waals surface area contributed by atoms with E-state index in [1.54, 1.807) is 4.90 Å². The van der Waals surface area contributed by atoms with E-state index in [2.05, 4.69) is 5.32 Å². The van der Waals surface area contributed by atoms with Crippen molar-refractivity contribution in [2.75, 3.05) is 26.7 Å². The molecule has 2 heterocycles. The van der Waals surface area contributed by atoms with Crippen LogP contribution >= 0.6 is 0 Å². The van der Waals surface area contributed by atoms with Crippen molar-refractivity contribution in [3.63, 3.8) is 0 Å². The predicted molar refractivity (Wildman–Crippen MR) is 74.0 cm³/mol. The highest BCUT2D eigenvalue weighted by atomic mass is 16.5. The SMILES string of the molecule is COC(=O)C1CCCCN1C(=O)C1CC12CCNCC2. The molecule has 0 radical (unpaired) electrons. The molecule has 2 atom stereocenters. The summed E-state index contributed by atoms with van der Waals surface area (Å²) in [4.78, 5) is 26.4. The van der Waals surface area contributed by atoms with Crippen LogP contribution in [0.1, 0.15) is 38.5 Å². The summed E-state index contributed by atoms with van der Waals surface area (Å²) in [7, 11) is 1.41. The maximum Gasteiger partial charge on any atom is 0.328 e. The zero-order chi connectivity index (χ0) is 14.2. The van der Waals surface area contributed by atoms with Gasteiger partial charge in [0, 0.05) is 12.5 Å². The standard InChI is InChI=1S/C15H24N2O3/c1-20-14(19)12-4-2-3-9-17(12)13(18)11-10-15(11)5-7-16-8-6-15/h11-12,16H,2-10H2,1H3. The van der Waals surface area contributed by atoms with Crippen molar-refractivity contribution in [1.82, 2.24) is 10.2 Å². The molecule has 3 aliphatic rings. The molecular weight excluding hydrogens is 256 g/mol. The Balaban J connectivity index is 1.68. The number of carbonyl (C=O) groups is 2. The van der Waals surface area contributed by atoms with Crippen LogP contribution in [0.15, 0.2) is 0 Å². The topological polar surface area (TPSA) is 58.6 Å². The number of rotatable bonds is 2. The molecule has 1 aliphatic carbocycles. The van der Waals surface area contributed by atoms with Gasteiger partial charge in [0.1, 0.15) is 6.04 Å². The van der Waals surface area contributed by atoms with Crippen LogP contribution in [0.25, 0.3) is 0 Å². The first-order valence-electron chi connectivity index (χ1n) is 7.77. The van der Waals surface area contributed by atoms with Crippen molar-refractivity contribution in [1.29, 1.82) is 0 Å². The third-order valence-corrected chi connectivity index (χ3v) is 5.35. The van der Waals surface area contributed by atoms with Crippen LogP contribution in [0.3, 0.4) is 0 Å². The van der Waals surface area contributed by atoms with Gasteiger partial charge in [0.2, 0.25) is 5.91 Å². The van der Waals surface area contributed by atoms with Crippen LogP contribution in [0, 0.1) is 11.3 Å². The average molecular weight is 280 g/mol. The molecule has 20 heavy (non-hydrogen) atoms. The Morgan fingerprint density at radius 2 is 2.00 bits per heavy atom. The first-order valence-corrected chi connectivity index (χ1v) is 7.77. The molecule has 2 saturated heterocycles. The summed E-state index contributed by atoms with van der Waals surface area (Å²) in [5.41, 5.74) is 0.237. The van der Waals surface area contributed by atoms with E-state index < -0.39 is 0 Å². The highest BCUT2D eigenvalue weighted by Crippen LogP contribution is 2.59. The number of methoxy groups -OCH3 is 1. The van der Waals surface area contributed by atoms with Gasteiger partial charge in [-0.05, 0) is 57.0 Å². The lowest BCUT2D eigenvalue weighted by molar-refractivity contribution is -0.155. The van der Waals surface area contributed by atoms with E-state index in [9.17, 15) is 9.59 Å². The Kier molecular flexibility index (Phi) is 3.71. The summed E-state index contributed by atoms with van der Waals surface area (Å²) in [5, 5.41) is 3.36. The van der Waals surface area contributed by atoms with Gasteiger partial charge in [-0.3, -0.25) is 4.79 Å². The van der Waals surface area contributed by atoms with E-state index >= 15 is 0 Å². The fourth-order valence-corrected chi connectivity index (χ4v) is 3.95. The number of amides is 1. The molecule has 0 aromatic heterocycles. The normalized spacial score (nSPS) is 31.9. The van der Waals surface area contributed by atoms with E-state index in [1.807, 2.05) is 0 Å². The number of likely N-dealkylation sites (tertiary alicyclic amines) is 1. The second-order valence-corrected chi connectivity index (χ2v) is 6.44.